The summed E-state index contributed by atoms with van der Waals surface area (Å²) in [5, 5.41) is 0. The number of hydrogen-bond donors (Lipinski definition) is 1. The summed E-state index contributed by atoms with van der Waals surface area (Å²) in [7, 11) is 0. The number of hydrogen-bond acceptors (Lipinski definition) is 2. The van der Waals surface area contributed by atoms with Gasteiger partial charge in [0.1, 0.15) is 11.6 Å². The Morgan fingerprint density at radius 3 is 2.90 bits per heavy atom. The van der Waals surface area contributed by atoms with Crippen molar-refractivity contribution in [3.63, 3.8) is 0 Å². The standard InChI is InChI=1S/C18H20FNO/c1-12-10-14(19)7-6-13(12)11-17(20)15-8-9-21-18-5-3-2-4-16(15)18/h2-7,10,15,17H,8-9,11,20H2,1H3. The highest BCUT2D eigenvalue weighted by Gasteiger charge is 2.26. The van der Waals surface area contributed by atoms with Gasteiger partial charge in [-0.3, -0.25) is 0 Å². The Labute approximate surface area is 124 Å². The van der Waals surface area contributed by atoms with Gasteiger partial charge in [0.05, 0.1) is 6.61 Å². The Kier molecular flexibility index (Phi) is 3.93. The van der Waals surface area contributed by atoms with Crippen molar-refractivity contribution in [2.75, 3.05) is 6.61 Å². The molecule has 2 aromatic carbocycles. The maximum atomic E-state index is 13.2. The smallest absolute Gasteiger partial charge is 0.123 e. The van der Waals surface area contributed by atoms with Crippen molar-refractivity contribution < 1.29 is 9.13 Å². The van der Waals surface area contributed by atoms with Crippen LogP contribution in [0.5, 0.6) is 5.75 Å². The van der Waals surface area contributed by atoms with Crippen molar-refractivity contribution in [1.82, 2.24) is 0 Å². The average molecular weight is 285 g/mol. The zero-order valence-corrected chi connectivity index (χ0v) is 12.2. The first kappa shape index (κ1) is 14.1. The number of aryl methyl sites for hydroxylation is 1. The normalized spacial score (nSPS) is 18.7. The monoisotopic (exact) mass is 285 g/mol. The molecule has 2 atom stereocenters. The Morgan fingerprint density at radius 1 is 1.29 bits per heavy atom. The Balaban J connectivity index is 1.81. The molecule has 0 spiro atoms. The van der Waals surface area contributed by atoms with Crippen LogP contribution >= 0.6 is 0 Å². The molecule has 1 aliphatic rings. The molecule has 1 heterocycles. The van der Waals surface area contributed by atoms with Gasteiger partial charge in [-0.15, -0.1) is 0 Å². The van der Waals surface area contributed by atoms with E-state index < -0.39 is 0 Å². The minimum absolute atomic E-state index is 0.0132. The SMILES string of the molecule is Cc1cc(F)ccc1CC(N)C1CCOc2ccccc21. The van der Waals surface area contributed by atoms with Gasteiger partial charge in [0, 0.05) is 12.0 Å². The summed E-state index contributed by atoms with van der Waals surface area (Å²) in [5.41, 5.74) is 9.73. The lowest BCUT2D eigenvalue weighted by Crippen LogP contribution is -2.34. The fraction of sp³-hybridized carbons (Fsp3) is 0.333. The van der Waals surface area contributed by atoms with Gasteiger partial charge < -0.3 is 10.5 Å². The third-order valence-corrected chi connectivity index (χ3v) is 4.28. The molecule has 3 heteroatoms. The maximum Gasteiger partial charge on any atom is 0.123 e. The summed E-state index contributed by atoms with van der Waals surface area (Å²) >= 11 is 0. The Bertz CT molecular complexity index is 641. The molecule has 0 saturated heterocycles. The van der Waals surface area contributed by atoms with Gasteiger partial charge in [-0.25, -0.2) is 4.39 Å². The first-order chi connectivity index (χ1) is 10.1. The molecule has 2 N–H and O–H groups in total. The van der Waals surface area contributed by atoms with Crippen molar-refractivity contribution in [3.8, 4) is 5.75 Å². The third-order valence-electron chi connectivity index (χ3n) is 4.28. The molecular weight excluding hydrogens is 265 g/mol. The zero-order valence-electron chi connectivity index (χ0n) is 12.2. The van der Waals surface area contributed by atoms with E-state index >= 15 is 0 Å². The Morgan fingerprint density at radius 2 is 2.10 bits per heavy atom. The average Bonchev–Trinajstić information content (AvgIpc) is 2.49. The Hall–Kier alpha value is -1.87. The van der Waals surface area contributed by atoms with Gasteiger partial charge in [-0.2, -0.15) is 0 Å². The lowest BCUT2D eigenvalue weighted by molar-refractivity contribution is 0.254. The quantitative estimate of drug-likeness (QED) is 0.935. The number of fused-ring (bicyclic) bond motifs is 1. The van der Waals surface area contributed by atoms with Gasteiger partial charge in [-0.05, 0) is 54.7 Å². The van der Waals surface area contributed by atoms with E-state index in [0.717, 1.165) is 29.7 Å². The molecule has 0 fully saturated rings. The van der Waals surface area contributed by atoms with Crippen molar-refractivity contribution >= 4 is 0 Å². The summed E-state index contributed by atoms with van der Waals surface area (Å²) in [6, 6.07) is 13.0. The molecule has 21 heavy (non-hydrogen) atoms. The molecule has 2 unspecified atom stereocenters. The van der Waals surface area contributed by atoms with Gasteiger partial charge in [0.15, 0.2) is 0 Å². The summed E-state index contributed by atoms with van der Waals surface area (Å²) < 4.78 is 18.9. The second-order valence-electron chi connectivity index (χ2n) is 5.72. The fourth-order valence-electron chi connectivity index (χ4n) is 3.10. The second kappa shape index (κ2) is 5.86. The summed E-state index contributed by atoms with van der Waals surface area (Å²) in [6.45, 7) is 2.64. The van der Waals surface area contributed by atoms with E-state index in [2.05, 4.69) is 6.07 Å². The molecule has 0 aromatic heterocycles. The highest BCUT2D eigenvalue weighted by Crippen LogP contribution is 2.35. The van der Waals surface area contributed by atoms with Crippen LogP contribution in [0.25, 0.3) is 0 Å². The van der Waals surface area contributed by atoms with Gasteiger partial charge >= 0.3 is 0 Å². The van der Waals surface area contributed by atoms with Crippen molar-refractivity contribution in [3.05, 3.63) is 65.0 Å². The molecule has 0 saturated carbocycles. The lowest BCUT2D eigenvalue weighted by atomic mass is 9.83. The van der Waals surface area contributed by atoms with Crippen LogP contribution in [-0.4, -0.2) is 12.6 Å². The predicted molar refractivity (Wildman–Crippen MR) is 82.1 cm³/mol. The number of halogens is 1. The predicted octanol–water partition coefficient (Wildman–Crippen LogP) is 3.57. The molecule has 3 rings (SSSR count). The van der Waals surface area contributed by atoms with Crippen molar-refractivity contribution in [2.24, 2.45) is 5.73 Å². The molecule has 2 nitrogen and oxygen atoms in total. The van der Waals surface area contributed by atoms with E-state index in [4.69, 9.17) is 10.5 Å². The van der Waals surface area contributed by atoms with Crippen LogP contribution in [0.2, 0.25) is 0 Å². The summed E-state index contributed by atoms with van der Waals surface area (Å²) in [6.07, 6.45) is 1.68. The van der Waals surface area contributed by atoms with E-state index in [1.54, 1.807) is 6.07 Å². The number of nitrogens with two attached hydrogens (primary N) is 1. The first-order valence-corrected chi connectivity index (χ1v) is 7.37. The van der Waals surface area contributed by atoms with Crippen LogP contribution in [0, 0.1) is 12.7 Å². The molecule has 0 aliphatic carbocycles. The van der Waals surface area contributed by atoms with E-state index in [-0.39, 0.29) is 11.9 Å². The molecule has 0 radical (unpaired) electrons. The molecule has 0 amide bonds. The van der Waals surface area contributed by atoms with E-state index in [1.807, 2.05) is 31.2 Å². The zero-order chi connectivity index (χ0) is 14.8. The van der Waals surface area contributed by atoms with Gasteiger partial charge in [-0.1, -0.05) is 24.3 Å². The molecule has 0 bridgehead atoms. The largest absolute Gasteiger partial charge is 0.493 e. The van der Waals surface area contributed by atoms with Gasteiger partial charge in [0.2, 0.25) is 0 Å². The van der Waals surface area contributed by atoms with Crippen molar-refractivity contribution in [1.29, 1.82) is 0 Å². The number of para-hydroxylation sites is 1. The first-order valence-electron chi connectivity index (χ1n) is 7.37. The maximum absolute atomic E-state index is 13.2. The highest BCUT2D eigenvalue weighted by atomic mass is 19.1. The van der Waals surface area contributed by atoms with Crippen LogP contribution in [0.15, 0.2) is 42.5 Å². The summed E-state index contributed by atoms with van der Waals surface area (Å²) in [4.78, 5) is 0. The minimum atomic E-state index is -0.193. The molecule has 2 aromatic rings. The lowest BCUT2D eigenvalue weighted by Gasteiger charge is -2.30. The van der Waals surface area contributed by atoms with E-state index in [0.29, 0.717) is 12.5 Å². The number of rotatable bonds is 3. The second-order valence-corrected chi connectivity index (χ2v) is 5.72. The topological polar surface area (TPSA) is 35.2 Å². The molecular formula is C18H20FNO. The van der Waals surface area contributed by atoms with E-state index in [1.165, 1.54) is 11.6 Å². The van der Waals surface area contributed by atoms with Crippen LogP contribution in [-0.2, 0) is 6.42 Å². The van der Waals surface area contributed by atoms with Crippen LogP contribution < -0.4 is 10.5 Å². The van der Waals surface area contributed by atoms with Crippen LogP contribution in [0.3, 0.4) is 0 Å². The molecule has 1 aliphatic heterocycles. The van der Waals surface area contributed by atoms with Crippen LogP contribution in [0.4, 0.5) is 4.39 Å². The molecule has 110 valence electrons. The van der Waals surface area contributed by atoms with Crippen molar-refractivity contribution in [2.45, 2.75) is 31.7 Å². The highest BCUT2D eigenvalue weighted by molar-refractivity contribution is 5.39. The number of benzene rings is 2. The van der Waals surface area contributed by atoms with E-state index in [9.17, 15) is 4.39 Å². The fourth-order valence-corrected chi connectivity index (χ4v) is 3.10. The van der Waals surface area contributed by atoms with Gasteiger partial charge in [0.25, 0.3) is 0 Å². The minimum Gasteiger partial charge on any atom is -0.493 e. The van der Waals surface area contributed by atoms with Crippen LogP contribution in [0.1, 0.15) is 29.0 Å². The number of ether oxygens (including phenoxy) is 1. The summed E-state index contributed by atoms with van der Waals surface area (Å²) in [5.74, 6) is 1.04. The third kappa shape index (κ3) is 2.93.